The van der Waals surface area contributed by atoms with Crippen LogP contribution in [0.1, 0.15) is 19.4 Å². The third kappa shape index (κ3) is 4.84. The van der Waals surface area contributed by atoms with Crippen molar-refractivity contribution < 1.29 is 14.6 Å². The SMILES string of the molecule is CC(C)CO[C@@H](Cc1ccc(Cl)c(Cl)c1)C(=O)O. The van der Waals surface area contributed by atoms with Gasteiger partial charge in [0.15, 0.2) is 6.10 Å². The van der Waals surface area contributed by atoms with Crippen molar-refractivity contribution in [2.24, 2.45) is 5.92 Å². The molecule has 0 aromatic heterocycles. The van der Waals surface area contributed by atoms with Crippen molar-refractivity contribution in [3.63, 3.8) is 0 Å². The van der Waals surface area contributed by atoms with E-state index in [2.05, 4.69) is 0 Å². The average molecular weight is 291 g/mol. The number of carboxylic acid groups (broad SMARTS) is 1. The third-order valence-electron chi connectivity index (χ3n) is 2.31. The highest BCUT2D eigenvalue weighted by Crippen LogP contribution is 2.23. The molecule has 0 saturated carbocycles. The number of hydrogen-bond donors (Lipinski definition) is 1. The van der Waals surface area contributed by atoms with Gasteiger partial charge < -0.3 is 9.84 Å². The van der Waals surface area contributed by atoms with Gasteiger partial charge in [0.05, 0.1) is 16.7 Å². The second-order valence-corrected chi connectivity index (χ2v) is 5.32. The van der Waals surface area contributed by atoms with Gasteiger partial charge in [-0.1, -0.05) is 43.1 Å². The first-order valence-corrected chi connectivity index (χ1v) is 6.44. The monoisotopic (exact) mass is 290 g/mol. The van der Waals surface area contributed by atoms with Crippen LogP contribution in [0.4, 0.5) is 0 Å². The predicted octanol–water partition coefficient (Wildman–Crippen LogP) is 3.66. The summed E-state index contributed by atoms with van der Waals surface area (Å²) in [6.45, 7) is 4.36. The molecule has 1 aromatic rings. The summed E-state index contributed by atoms with van der Waals surface area (Å²) in [6.07, 6.45) is -0.580. The van der Waals surface area contributed by atoms with Crippen LogP contribution in [-0.4, -0.2) is 23.8 Å². The zero-order chi connectivity index (χ0) is 13.7. The van der Waals surface area contributed by atoms with Gasteiger partial charge in [0, 0.05) is 6.42 Å². The zero-order valence-electron chi connectivity index (χ0n) is 10.3. The first kappa shape index (κ1) is 15.3. The molecule has 1 atom stereocenters. The average Bonchev–Trinajstić information content (AvgIpc) is 2.28. The summed E-state index contributed by atoms with van der Waals surface area (Å²) in [5, 5.41) is 9.96. The van der Waals surface area contributed by atoms with E-state index in [-0.39, 0.29) is 6.42 Å². The number of carboxylic acids is 1. The molecule has 0 saturated heterocycles. The fourth-order valence-corrected chi connectivity index (χ4v) is 1.73. The Labute approximate surface area is 117 Å². The highest BCUT2D eigenvalue weighted by molar-refractivity contribution is 6.42. The van der Waals surface area contributed by atoms with Gasteiger partial charge in [0.1, 0.15) is 0 Å². The van der Waals surface area contributed by atoms with E-state index in [0.29, 0.717) is 22.6 Å². The lowest BCUT2D eigenvalue weighted by molar-refractivity contribution is -0.150. The van der Waals surface area contributed by atoms with Gasteiger partial charge in [-0.05, 0) is 23.6 Å². The minimum absolute atomic E-state index is 0.277. The number of benzene rings is 1. The second kappa shape index (κ2) is 6.98. The van der Waals surface area contributed by atoms with Crippen LogP contribution < -0.4 is 0 Å². The van der Waals surface area contributed by atoms with Crippen molar-refractivity contribution in [1.29, 1.82) is 0 Å². The molecule has 1 N–H and O–H groups in total. The second-order valence-electron chi connectivity index (χ2n) is 4.51. The Bertz CT molecular complexity index is 419. The molecule has 0 unspecified atom stereocenters. The predicted molar refractivity (Wildman–Crippen MR) is 72.4 cm³/mol. The van der Waals surface area contributed by atoms with Gasteiger partial charge in [-0.15, -0.1) is 0 Å². The molecule has 0 aliphatic rings. The Kier molecular flexibility index (Phi) is 5.93. The quantitative estimate of drug-likeness (QED) is 0.870. The normalized spacial score (nSPS) is 12.7. The van der Waals surface area contributed by atoms with E-state index in [1.165, 1.54) is 0 Å². The van der Waals surface area contributed by atoms with Crippen LogP contribution in [0.3, 0.4) is 0 Å². The van der Waals surface area contributed by atoms with Gasteiger partial charge in [0.25, 0.3) is 0 Å². The van der Waals surface area contributed by atoms with Crippen molar-refractivity contribution in [3.8, 4) is 0 Å². The third-order valence-corrected chi connectivity index (χ3v) is 3.05. The topological polar surface area (TPSA) is 46.5 Å². The van der Waals surface area contributed by atoms with Gasteiger partial charge in [0.2, 0.25) is 0 Å². The van der Waals surface area contributed by atoms with E-state index in [4.69, 9.17) is 33.0 Å². The molecular weight excluding hydrogens is 275 g/mol. The Morgan fingerprint density at radius 2 is 2.00 bits per heavy atom. The minimum Gasteiger partial charge on any atom is -0.479 e. The lowest BCUT2D eigenvalue weighted by Crippen LogP contribution is -2.28. The van der Waals surface area contributed by atoms with E-state index in [1.807, 2.05) is 13.8 Å². The van der Waals surface area contributed by atoms with E-state index in [0.717, 1.165) is 5.56 Å². The summed E-state index contributed by atoms with van der Waals surface area (Å²) in [5.41, 5.74) is 0.792. The maximum atomic E-state index is 11.1. The number of aliphatic carboxylic acids is 1. The van der Waals surface area contributed by atoms with Crippen LogP contribution in [0, 0.1) is 5.92 Å². The summed E-state index contributed by atoms with van der Waals surface area (Å²) in [5.74, 6) is -0.678. The summed E-state index contributed by atoms with van der Waals surface area (Å²) in [7, 11) is 0. The van der Waals surface area contributed by atoms with Crippen LogP contribution in [0.25, 0.3) is 0 Å². The smallest absolute Gasteiger partial charge is 0.333 e. The van der Waals surface area contributed by atoms with Crippen molar-refractivity contribution >= 4 is 29.2 Å². The fourth-order valence-electron chi connectivity index (χ4n) is 1.41. The number of rotatable bonds is 6. The van der Waals surface area contributed by atoms with Gasteiger partial charge in [-0.3, -0.25) is 0 Å². The lowest BCUT2D eigenvalue weighted by atomic mass is 10.1. The first-order chi connectivity index (χ1) is 8.40. The Morgan fingerprint density at radius 1 is 1.33 bits per heavy atom. The molecule has 0 aliphatic carbocycles. The highest BCUT2D eigenvalue weighted by atomic mass is 35.5. The van der Waals surface area contributed by atoms with Crippen molar-refractivity contribution in [1.82, 2.24) is 0 Å². The number of carbonyl (C=O) groups is 1. The molecule has 0 bridgehead atoms. The molecule has 0 radical (unpaired) electrons. The number of ether oxygens (including phenoxy) is 1. The molecule has 5 heteroatoms. The molecule has 1 rings (SSSR count). The van der Waals surface area contributed by atoms with Gasteiger partial charge in [-0.2, -0.15) is 0 Å². The van der Waals surface area contributed by atoms with E-state index < -0.39 is 12.1 Å². The van der Waals surface area contributed by atoms with E-state index in [9.17, 15) is 4.79 Å². The van der Waals surface area contributed by atoms with E-state index >= 15 is 0 Å². The lowest BCUT2D eigenvalue weighted by Gasteiger charge is -2.15. The van der Waals surface area contributed by atoms with Crippen LogP contribution in [-0.2, 0) is 16.0 Å². The minimum atomic E-state index is -0.971. The standard InChI is InChI=1S/C13H16Cl2O3/c1-8(2)7-18-12(13(16)17)6-9-3-4-10(14)11(15)5-9/h3-5,8,12H,6-7H2,1-2H3,(H,16,17)/t12-/m0/s1. The molecule has 0 spiro atoms. The molecule has 1 aromatic carbocycles. The molecule has 0 aliphatic heterocycles. The molecule has 0 fully saturated rings. The largest absolute Gasteiger partial charge is 0.479 e. The Hall–Kier alpha value is -0.770. The van der Waals surface area contributed by atoms with E-state index in [1.54, 1.807) is 18.2 Å². The fraction of sp³-hybridized carbons (Fsp3) is 0.462. The molecular formula is C13H16Cl2O3. The highest BCUT2D eigenvalue weighted by Gasteiger charge is 2.19. The van der Waals surface area contributed by atoms with Crippen LogP contribution in [0.15, 0.2) is 18.2 Å². The number of halogens is 2. The maximum absolute atomic E-state index is 11.1. The summed E-state index contributed by atoms with van der Waals surface area (Å²) in [4.78, 5) is 11.1. The van der Waals surface area contributed by atoms with Gasteiger partial charge in [-0.25, -0.2) is 4.79 Å². The molecule has 100 valence electrons. The summed E-state index contributed by atoms with van der Waals surface area (Å²) < 4.78 is 5.36. The molecule has 0 amide bonds. The zero-order valence-corrected chi connectivity index (χ0v) is 11.8. The molecule has 3 nitrogen and oxygen atoms in total. The maximum Gasteiger partial charge on any atom is 0.333 e. The van der Waals surface area contributed by atoms with Crippen molar-refractivity contribution in [2.45, 2.75) is 26.4 Å². The Morgan fingerprint density at radius 3 is 2.50 bits per heavy atom. The Balaban J connectivity index is 2.70. The van der Waals surface area contributed by atoms with Crippen LogP contribution in [0.2, 0.25) is 10.0 Å². The summed E-state index contributed by atoms with van der Waals surface area (Å²) >= 11 is 11.7. The van der Waals surface area contributed by atoms with Gasteiger partial charge >= 0.3 is 5.97 Å². The van der Waals surface area contributed by atoms with Crippen molar-refractivity contribution in [2.75, 3.05) is 6.61 Å². The number of hydrogen-bond acceptors (Lipinski definition) is 2. The molecule has 0 heterocycles. The van der Waals surface area contributed by atoms with Crippen LogP contribution >= 0.6 is 23.2 Å². The first-order valence-electron chi connectivity index (χ1n) is 5.68. The summed E-state index contributed by atoms with van der Waals surface area (Å²) in [6, 6.07) is 5.07. The molecule has 18 heavy (non-hydrogen) atoms. The van der Waals surface area contributed by atoms with Crippen molar-refractivity contribution in [3.05, 3.63) is 33.8 Å². The van der Waals surface area contributed by atoms with Crippen LogP contribution in [0.5, 0.6) is 0 Å².